The van der Waals surface area contributed by atoms with Crippen molar-refractivity contribution in [2.75, 3.05) is 0 Å². The number of pyridine rings is 1. The summed E-state index contributed by atoms with van der Waals surface area (Å²) in [4.78, 5) is 4.39. The molecule has 3 nitrogen and oxygen atoms in total. The molecule has 0 saturated carbocycles. The van der Waals surface area contributed by atoms with Gasteiger partial charge in [-0.3, -0.25) is 0 Å². The van der Waals surface area contributed by atoms with E-state index in [1.165, 1.54) is 6.07 Å². The lowest BCUT2D eigenvalue weighted by Gasteiger charge is -2.05. The standard InChI is InChI=1S/C18H10Cl2N2O/c19-15-9-16(20)18(23)17-14(15)8-7-13(22-17)6-5-11-1-3-12(10-21)4-2-11/h1-9,23H/b6-5+. The number of fused-ring (bicyclic) bond motifs is 1. The fourth-order valence-corrected chi connectivity index (χ4v) is 2.68. The van der Waals surface area contributed by atoms with Crippen molar-refractivity contribution in [1.29, 1.82) is 5.26 Å². The van der Waals surface area contributed by atoms with Gasteiger partial charge in [-0.2, -0.15) is 5.26 Å². The van der Waals surface area contributed by atoms with E-state index in [0.29, 0.717) is 27.2 Å². The Hall–Kier alpha value is -2.54. The Bertz CT molecular complexity index is 957. The molecule has 112 valence electrons. The first kappa shape index (κ1) is 15.4. The summed E-state index contributed by atoms with van der Waals surface area (Å²) in [5, 5.41) is 20.1. The Balaban J connectivity index is 1.98. The molecule has 1 N–H and O–H groups in total. The van der Waals surface area contributed by atoms with Gasteiger partial charge in [-0.15, -0.1) is 0 Å². The molecule has 0 aliphatic carbocycles. The lowest BCUT2D eigenvalue weighted by Crippen LogP contribution is -1.86. The summed E-state index contributed by atoms with van der Waals surface area (Å²) in [6.07, 6.45) is 3.69. The third kappa shape index (κ3) is 3.14. The van der Waals surface area contributed by atoms with Crippen molar-refractivity contribution in [3.8, 4) is 11.8 Å². The summed E-state index contributed by atoms with van der Waals surface area (Å²) >= 11 is 12.0. The molecule has 0 aliphatic heterocycles. The number of aromatic nitrogens is 1. The third-order valence-electron chi connectivity index (χ3n) is 3.36. The zero-order chi connectivity index (χ0) is 16.4. The van der Waals surface area contributed by atoms with Crippen LogP contribution in [0.4, 0.5) is 0 Å². The summed E-state index contributed by atoms with van der Waals surface area (Å²) in [5.74, 6) is -0.0836. The highest BCUT2D eigenvalue weighted by molar-refractivity contribution is 6.39. The van der Waals surface area contributed by atoms with Gasteiger partial charge < -0.3 is 5.11 Å². The van der Waals surface area contributed by atoms with Gasteiger partial charge in [0.1, 0.15) is 5.52 Å². The minimum atomic E-state index is -0.0836. The largest absolute Gasteiger partial charge is 0.504 e. The monoisotopic (exact) mass is 340 g/mol. The molecule has 3 aromatic rings. The fraction of sp³-hybridized carbons (Fsp3) is 0. The van der Waals surface area contributed by atoms with Crippen LogP contribution >= 0.6 is 23.2 Å². The molecule has 0 atom stereocenters. The molecule has 0 saturated heterocycles. The van der Waals surface area contributed by atoms with Crippen molar-refractivity contribution in [2.24, 2.45) is 0 Å². The molecule has 3 rings (SSSR count). The Morgan fingerprint density at radius 3 is 2.43 bits per heavy atom. The number of hydrogen-bond donors (Lipinski definition) is 1. The van der Waals surface area contributed by atoms with Gasteiger partial charge in [0.15, 0.2) is 5.75 Å². The van der Waals surface area contributed by atoms with Gasteiger partial charge in [-0.05, 0) is 42.0 Å². The van der Waals surface area contributed by atoms with Crippen LogP contribution in [0.1, 0.15) is 16.8 Å². The number of halogens is 2. The van der Waals surface area contributed by atoms with Crippen LogP contribution in [0.2, 0.25) is 10.0 Å². The van der Waals surface area contributed by atoms with Gasteiger partial charge in [0, 0.05) is 5.39 Å². The molecule has 0 unspecified atom stereocenters. The van der Waals surface area contributed by atoms with E-state index in [4.69, 9.17) is 28.5 Å². The summed E-state index contributed by atoms with van der Waals surface area (Å²) in [5.41, 5.74) is 2.58. The summed E-state index contributed by atoms with van der Waals surface area (Å²) in [7, 11) is 0. The molecule has 0 radical (unpaired) electrons. The van der Waals surface area contributed by atoms with Crippen LogP contribution in [0.25, 0.3) is 23.1 Å². The number of rotatable bonds is 2. The van der Waals surface area contributed by atoms with E-state index in [1.807, 2.05) is 30.4 Å². The van der Waals surface area contributed by atoms with E-state index in [2.05, 4.69) is 11.1 Å². The quantitative estimate of drug-likeness (QED) is 0.689. The number of aromatic hydroxyl groups is 1. The van der Waals surface area contributed by atoms with Crippen molar-refractivity contribution in [2.45, 2.75) is 0 Å². The van der Waals surface area contributed by atoms with E-state index >= 15 is 0 Å². The average molecular weight is 341 g/mol. The number of nitrogens with zero attached hydrogens (tertiary/aromatic N) is 2. The second-order valence-electron chi connectivity index (χ2n) is 4.89. The molecule has 23 heavy (non-hydrogen) atoms. The zero-order valence-corrected chi connectivity index (χ0v) is 13.3. The first-order valence-corrected chi connectivity index (χ1v) is 7.50. The maximum Gasteiger partial charge on any atom is 0.160 e. The normalized spacial score (nSPS) is 11.0. The SMILES string of the molecule is N#Cc1ccc(/C=C/c2ccc3c(Cl)cc(Cl)c(O)c3n2)cc1. The summed E-state index contributed by atoms with van der Waals surface area (Å²) in [6.45, 7) is 0. The number of nitriles is 1. The van der Waals surface area contributed by atoms with E-state index < -0.39 is 0 Å². The van der Waals surface area contributed by atoms with Gasteiger partial charge >= 0.3 is 0 Å². The first-order valence-electron chi connectivity index (χ1n) is 6.74. The molecular formula is C18H10Cl2N2O. The highest BCUT2D eigenvalue weighted by Gasteiger charge is 2.10. The maximum absolute atomic E-state index is 10.0. The smallest absolute Gasteiger partial charge is 0.160 e. The second kappa shape index (κ2) is 6.29. The van der Waals surface area contributed by atoms with Gasteiger partial charge in [-0.25, -0.2) is 4.98 Å². The van der Waals surface area contributed by atoms with Gasteiger partial charge in [0.2, 0.25) is 0 Å². The van der Waals surface area contributed by atoms with E-state index in [9.17, 15) is 5.11 Å². The Kier molecular flexibility index (Phi) is 4.20. The molecule has 2 aromatic carbocycles. The van der Waals surface area contributed by atoms with Gasteiger partial charge in [0.25, 0.3) is 0 Å². The minimum Gasteiger partial charge on any atom is -0.504 e. The average Bonchev–Trinajstić information content (AvgIpc) is 2.58. The lowest BCUT2D eigenvalue weighted by molar-refractivity contribution is 0.480. The molecule has 0 bridgehead atoms. The van der Waals surface area contributed by atoms with Gasteiger partial charge in [-0.1, -0.05) is 41.4 Å². The maximum atomic E-state index is 10.0. The molecule has 0 amide bonds. The molecule has 0 spiro atoms. The van der Waals surface area contributed by atoms with Crippen LogP contribution in [-0.4, -0.2) is 10.1 Å². The van der Waals surface area contributed by atoms with Crippen LogP contribution in [0.15, 0.2) is 42.5 Å². The van der Waals surface area contributed by atoms with Crippen molar-refractivity contribution >= 4 is 46.3 Å². The minimum absolute atomic E-state index is 0.0836. The third-order valence-corrected chi connectivity index (χ3v) is 3.97. The number of phenolic OH excluding ortho intramolecular Hbond substituents is 1. The molecular weight excluding hydrogens is 331 g/mol. The van der Waals surface area contributed by atoms with Crippen LogP contribution in [-0.2, 0) is 0 Å². The summed E-state index contributed by atoms with van der Waals surface area (Å²) in [6, 6.07) is 14.4. The lowest BCUT2D eigenvalue weighted by atomic mass is 10.1. The van der Waals surface area contributed by atoms with Crippen molar-refractivity contribution in [3.63, 3.8) is 0 Å². The Morgan fingerprint density at radius 1 is 1.00 bits per heavy atom. The Morgan fingerprint density at radius 2 is 1.74 bits per heavy atom. The van der Waals surface area contributed by atoms with Gasteiger partial charge in [0.05, 0.1) is 27.4 Å². The zero-order valence-electron chi connectivity index (χ0n) is 11.8. The van der Waals surface area contributed by atoms with Crippen LogP contribution < -0.4 is 0 Å². The van der Waals surface area contributed by atoms with Crippen LogP contribution in [0.5, 0.6) is 5.75 Å². The van der Waals surface area contributed by atoms with Crippen molar-refractivity contribution < 1.29 is 5.11 Å². The van der Waals surface area contributed by atoms with Crippen molar-refractivity contribution in [3.05, 3.63) is 69.3 Å². The predicted octanol–water partition coefficient (Wildman–Crippen LogP) is 5.29. The second-order valence-corrected chi connectivity index (χ2v) is 5.70. The highest BCUT2D eigenvalue weighted by atomic mass is 35.5. The fourth-order valence-electron chi connectivity index (χ4n) is 2.16. The molecule has 1 aromatic heterocycles. The van der Waals surface area contributed by atoms with Crippen molar-refractivity contribution in [1.82, 2.24) is 4.98 Å². The summed E-state index contributed by atoms with van der Waals surface area (Å²) < 4.78 is 0. The molecule has 0 fully saturated rings. The highest BCUT2D eigenvalue weighted by Crippen LogP contribution is 2.36. The van der Waals surface area contributed by atoms with Crippen LogP contribution in [0, 0.1) is 11.3 Å². The van der Waals surface area contributed by atoms with E-state index in [-0.39, 0.29) is 10.8 Å². The van der Waals surface area contributed by atoms with E-state index in [1.54, 1.807) is 18.2 Å². The topological polar surface area (TPSA) is 56.9 Å². The predicted molar refractivity (Wildman–Crippen MR) is 93.5 cm³/mol. The number of benzene rings is 2. The van der Waals surface area contributed by atoms with E-state index in [0.717, 1.165) is 5.56 Å². The molecule has 1 heterocycles. The number of hydrogen-bond acceptors (Lipinski definition) is 3. The molecule has 5 heteroatoms. The van der Waals surface area contributed by atoms with Crippen LogP contribution in [0.3, 0.4) is 0 Å². The Labute approximate surface area is 143 Å². The number of phenols is 1. The first-order chi connectivity index (χ1) is 11.1. The molecule has 0 aliphatic rings.